The highest BCUT2D eigenvalue weighted by molar-refractivity contribution is 7.89. The number of halogens is 1. The van der Waals surface area contributed by atoms with E-state index in [4.69, 9.17) is 5.14 Å². The van der Waals surface area contributed by atoms with Gasteiger partial charge in [0.15, 0.2) is 0 Å². The van der Waals surface area contributed by atoms with Crippen molar-refractivity contribution in [3.05, 3.63) is 89.7 Å². The summed E-state index contributed by atoms with van der Waals surface area (Å²) >= 11 is 0. The summed E-state index contributed by atoms with van der Waals surface area (Å²) in [7, 11) is -3.86. The minimum Gasteiger partial charge on any atom is -0.356 e. The molecule has 1 fully saturated rings. The summed E-state index contributed by atoms with van der Waals surface area (Å²) in [6, 6.07) is 19.9. The first-order valence-electron chi connectivity index (χ1n) is 12.2. The normalized spacial score (nSPS) is 17.4. The summed E-state index contributed by atoms with van der Waals surface area (Å²) in [5.41, 5.74) is 3.00. The van der Waals surface area contributed by atoms with E-state index in [1.54, 1.807) is 42.5 Å². The van der Waals surface area contributed by atoms with E-state index in [9.17, 15) is 22.4 Å². The van der Waals surface area contributed by atoms with Crippen LogP contribution in [-0.4, -0.2) is 26.8 Å². The molecule has 0 saturated heterocycles. The number of rotatable bonds is 9. The molecule has 0 aliphatic heterocycles. The second kappa shape index (κ2) is 11.7. The number of benzene rings is 3. The van der Waals surface area contributed by atoms with Crippen molar-refractivity contribution in [1.82, 2.24) is 10.6 Å². The molecular weight excluding hydrogens is 493 g/mol. The summed E-state index contributed by atoms with van der Waals surface area (Å²) in [6.07, 6.45) is 2.73. The van der Waals surface area contributed by atoms with E-state index < -0.39 is 10.0 Å². The van der Waals surface area contributed by atoms with Crippen LogP contribution in [0.4, 0.5) is 4.39 Å². The number of hydrogen-bond donors (Lipinski definition) is 3. The van der Waals surface area contributed by atoms with Crippen LogP contribution in [0.15, 0.2) is 77.7 Å². The van der Waals surface area contributed by atoms with Gasteiger partial charge in [0.05, 0.1) is 4.90 Å². The van der Waals surface area contributed by atoms with Crippen LogP contribution >= 0.6 is 0 Å². The molecule has 7 nitrogen and oxygen atoms in total. The molecule has 2 unspecified atom stereocenters. The molecule has 4 rings (SSSR count). The summed E-state index contributed by atoms with van der Waals surface area (Å²) in [5.74, 6) is -1.33. The van der Waals surface area contributed by atoms with Crippen LogP contribution in [-0.2, 0) is 32.6 Å². The second-order valence-electron chi connectivity index (χ2n) is 9.27. The Morgan fingerprint density at radius 3 is 2.08 bits per heavy atom. The van der Waals surface area contributed by atoms with Crippen LogP contribution in [0.25, 0.3) is 11.1 Å². The van der Waals surface area contributed by atoms with Crippen molar-refractivity contribution in [2.45, 2.75) is 37.1 Å². The average Bonchev–Trinajstić information content (AvgIpc) is 3.39. The van der Waals surface area contributed by atoms with Crippen molar-refractivity contribution in [3.8, 4) is 11.1 Å². The van der Waals surface area contributed by atoms with Crippen LogP contribution in [0.5, 0.6) is 0 Å². The van der Waals surface area contributed by atoms with Crippen LogP contribution < -0.4 is 15.8 Å². The summed E-state index contributed by atoms with van der Waals surface area (Å²) in [5, 5.41) is 11.2. The van der Waals surface area contributed by atoms with E-state index in [2.05, 4.69) is 10.6 Å². The van der Waals surface area contributed by atoms with Gasteiger partial charge in [0.25, 0.3) is 0 Å². The highest BCUT2D eigenvalue weighted by Gasteiger charge is 2.37. The lowest BCUT2D eigenvalue weighted by Gasteiger charge is -2.19. The summed E-state index contributed by atoms with van der Waals surface area (Å²) < 4.78 is 36.8. The van der Waals surface area contributed by atoms with Crippen LogP contribution in [0, 0.1) is 17.7 Å². The van der Waals surface area contributed by atoms with Crippen molar-refractivity contribution in [2.75, 3.05) is 6.54 Å². The summed E-state index contributed by atoms with van der Waals surface area (Å²) in [4.78, 5) is 25.7. The molecule has 1 aliphatic rings. The van der Waals surface area contributed by atoms with Crippen molar-refractivity contribution >= 4 is 21.8 Å². The van der Waals surface area contributed by atoms with Crippen molar-refractivity contribution < 1.29 is 22.4 Å². The van der Waals surface area contributed by atoms with Gasteiger partial charge in [0, 0.05) is 30.5 Å². The SMILES string of the molecule is NS(=O)(=O)c1ccccc1-c1ccc(CNC(=O)C2CCCC2C(=O)NCCc2ccc(F)cc2)cc1. The lowest BCUT2D eigenvalue weighted by atomic mass is 9.94. The third-order valence-corrected chi connectivity index (χ3v) is 7.71. The zero-order chi connectivity index (χ0) is 26.4. The standard InChI is InChI=1S/C28H30FN3O4S/c29-22-14-10-19(11-15-22)16-17-31-27(33)24-5-3-6-25(24)28(34)32-18-20-8-12-21(13-9-20)23-4-1-2-7-26(23)37(30,35)36/h1-2,4,7-15,24-25H,3,5-6,16-18H2,(H,31,33)(H,32,34)(H2,30,35,36). The van der Waals surface area contributed by atoms with E-state index in [0.717, 1.165) is 17.5 Å². The zero-order valence-electron chi connectivity index (χ0n) is 20.3. The molecule has 0 radical (unpaired) electrons. The first-order valence-corrected chi connectivity index (χ1v) is 13.8. The highest BCUT2D eigenvalue weighted by atomic mass is 32.2. The topological polar surface area (TPSA) is 118 Å². The van der Waals surface area contributed by atoms with E-state index in [0.29, 0.717) is 43.5 Å². The molecule has 4 N–H and O–H groups in total. The van der Waals surface area contributed by atoms with Crippen LogP contribution in [0.2, 0.25) is 0 Å². The highest BCUT2D eigenvalue weighted by Crippen LogP contribution is 2.32. The van der Waals surface area contributed by atoms with Crippen LogP contribution in [0.3, 0.4) is 0 Å². The molecule has 9 heteroatoms. The molecule has 0 heterocycles. The Labute approximate surface area is 216 Å². The monoisotopic (exact) mass is 523 g/mol. The van der Waals surface area contributed by atoms with E-state index in [1.807, 2.05) is 12.1 Å². The van der Waals surface area contributed by atoms with E-state index >= 15 is 0 Å². The number of nitrogens with two attached hydrogens (primary N) is 1. The fraction of sp³-hybridized carbons (Fsp3) is 0.286. The first-order chi connectivity index (χ1) is 17.7. The molecular formula is C28H30FN3O4S. The Morgan fingerprint density at radius 2 is 1.43 bits per heavy atom. The number of carbonyl (C=O) groups excluding carboxylic acids is 2. The first kappa shape index (κ1) is 26.5. The van der Waals surface area contributed by atoms with E-state index in [1.165, 1.54) is 18.2 Å². The van der Waals surface area contributed by atoms with E-state index in [-0.39, 0.29) is 34.4 Å². The molecule has 0 spiro atoms. The Morgan fingerprint density at radius 1 is 0.838 bits per heavy atom. The predicted octanol–water partition coefficient (Wildman–Crippen LogP) is 3.53. The maximum absolute atomic E-state index is 13.0. The lowest BCUT2D eigenvalue weighted by Crippen LogP contribution is -2.40. The van der Waals surface area contributed by atoms with Gasteiger partial charge in [0.2, 0.25) is 21.8 Å². The average molecular weight is 524 g/mol. The Bertz CT molecular complexity index is 1360. The number of amides is 2. The molecule has 194 valence electrons. The number of hydrogen-bond acceptors (Lipinski definition) is 4. The third-order valence-electron chi connectivity index (χ3n) is 6.74. The van der Waals surface area contributed by atoms with Gasteiger partial charge in [-0.2, -0.15) is 0 Å². The molecule has 1 aliphatic carbocycles. The molecule has 0 aromatic heterocycles. The molecule has 3 aromatic rings. The largest absolute Gasteiger partial charge is 0.356 e. The van der Waals surface area contributed by atoms with Gasteiger partial charge >= 0.3 is 0 Å². The quantitative estimate of drug-likeness (QED) is 0.398. The molecule has 37 heavy (non-hydrogen) atoms. The minimum atomic E-state index is -3.86. The van der Waals surface area contributed by atoms with Gasteiger partial charge in [-0.15, -0.1) is 0 Å². The van der Waals surface area contributed by atoms with Crippen molar-refractivity contribution in [1.29, 1.82) is 0 Å². The zero-order valence-corrected chi connectivity index (χ0v) is 21.1. The second-order valence-corrected chi connectivity index (χ2v) is 10.8. The van der Waals surface area contributed by atoms with Gasteiger partial charge in [0.1, 0.15) is 5.82 Å². The van der Waals surface area contributed by atoms with Gasteiger partial charge < -0.3 is 10.6 Å². The predicted molar refractivity (Wildman–Crippen MR) is 139 cm³/mol. The maximum Gasteiger partial charge on any atom is 0.238 e. The molecule has 1 saturated carbocycles. The maximum atomic E-state index is 13.0. The smallest absolute Gasteiger partial charge is 0.238 e. The Kier molecular flexibility index (Phi) is 8.35. The molecule has 0 bridgehead atoms. The van der Waals surface area contributed by atoms with Crippen molar-refractivity contribution in [2.24, 2.45) is 17.0 Å². The number of sulfonamides is 1. The minimum absolute atomic E-state index is 0.0549. The summed E-state index contributed by atoms with van der Waals surface area (Å²) in [6.45, 7) is 0.724. The number of carbonyl (C=O) groups is 2. The third kappa shape index (κ3) is 6.81. The van der Waals surface area contributed by atoms with Crippen LogP contribution in [0.1, 0.15) is 30.4 Å². The fourth-order valence-electron chi connectivity index (χ4n) is 4.78. The van der Waals surface area contributed by atoms with Gasteiger partial charge in [-0.1, -0.05) is 61.0 Å². The molecule has 2 amide bonds. The fourth-order valence-corrected chi connectivity index (χ4v) is 5.54. The van der Waals surface area contributed by atoms with Crippen molar-refractivity contribution in [3.63, 3.8) is 0 Å². The Hall–Kier alpha value is -3.56. The molecule has 3 aromatic carbocycles. The molecule has 2 atom stereocenters. The van der Waals surface area contributed by atoms with Gasteiger partial charge in [-0.05, 0) is 54.2 Å². The van der Waals surface area contributed by atoms with Gasteiger partial charge in [-0.25, -0.2) is 17.9 Å². The van der Waals surface area contributed by atoms with Gasteiger partial charge in [-0.3, -0.25) is 9.59 Å². The lowest BCUT2D eigenvalue weighted by molar-refractivity contribution is -0.133. The number of nitrogens with one attached hydrogen (secondary N) is 2. The Balaban J connectivity index is 1.30. The number of primary sulfonamides is 1.